The molecule has 3 rings (SSSR count). The number of hydrogen-bond acceptors (Lipinski definition) is 4. The Morgan fingerprint density at radius 3 is 2.86 bits per heavy atom. The first-order chi connectivity index (χ1) is 10.2. The summed E-state index contributed by atoms with van der Waals surface area (Å²) in [5.74, 6) is 2.02. The number of benzene rings is 1. The average Bonchev–Trinajstić information content (AvgIpc) is 2.48. The fourth-order valence-corrected chi connectivity index (χ4v) is 3.93. The maximum absolute atomic E-state index is 12.0. The molecule has 1 aromatic heterocycles. The van der Waals surface area contributed by atoms with Crippen molar-refractivity contribution in [1.29, 1.82) is 0 Å². The second-order valence-corrected chi connectivity index (χ2v) is 6.88. The molecule has 4 nitrogen and oxygen atoms in total. The van der Waals surface area contributed by atoms with E-state index in [0.717, 1.165) is 35.3 Å². The Hall–Kier alpha value is -1.30. The Bertz CT molecular complexity index is 677. The SMILES string of the molecule is O=c1[nH]c2ccccc2cc1CNCC1(O)CCSCC1. The van der Waals surface area contributed by atoms with Crippen molar-refractivity contribution in [3.05, 3.63) is 46.2 Å². The number of H-pyrrole nitrogens is 1. The van der Waals surface area contributed by atoms with E-state index in [4.69, 9.17) is 0 Å². The highest BCUT2D eigenvalue weighted by Crippen LogP contribution is 2.26. The van der Waals surface area contributed by atoms with E-state index in [0.29, 0.717) is 18.7 Å². The van der Waals surface area contributed by atoms with Crippen LogP contribution in [0.2, 0.25) is 0 Å². The summed E-state index contributed by atoms with van der Waals surface area (Å²) in [6, 6.07) is 9.67. The Kier molecular flexibility index (Phi) is 4.33. The summed E-state index contributed by atoms with van der Waals surface area (Å²) in [6.07, 6.45) is 1.64. The number of nitrogens with one attached hydrogen (secondary N) is 2. The number of aliphatic hydroxyl groups is 1. The first-order valence-corrected chi connectivity index (χ1v) is 8.44. The van der Waals surface area contributed by atoms with Gasteiger partial charge in [0.2, 0.25) is 0 Å². The quantitative estimate of drug-likeness (QED) is 0.807. The summed E-state index contributed by atoms with van der Waals surface area (Å²) in [5, 5.41) is 14.7. The second kappa shape index (κ2) is 6.22. The molecule has 0 spiro atoms. The zero-order valence-corrected chi connectivity index (χ0v) is 12.7. The lowest BCUT2D eigenvalue weighted by Crippen LogP contribution is -2.43. The van der Waals surface area contributed by atoms with Crippen LogP contribution < -0.4 is 10.9 Å². The highest BCUT2D eigenvalue weighted by molar-refractivity contribution is 7.99. The van der Waals surface area contributed by atoms with Gasteiger partial charge in [0.1, 0.15) is 0 Å². The highest BCUT2D eigenvalue weighted by Gasteiger charge is 2.28. The molecule has 0 amide bonds. The second-order valence-electron chi connectivity index (χ2n) is 5.65. The molecule has 0 radical (unpaired) electrons. The van der Waals surface area contributed by atoms with Crippen molar-refractivity contribution in [2.75, 3.05) is 18.1 Å². The summed E-state index contributed by atoms with van der Waals surface area (Å²) in [6.45, 7) is 1.02. The van der Waals surface area contributed by atoms with Crippen LogP contribution in [0.4, 0.5) is 0 Å². The number of thioether (sulfide) groups is 1. The van der Waals surface area contributed by atoms with Crippen molar-refractivity contribution >= 4 is 22.7 Å². The zero-order chi connectivity index (χ0) is 14.7. The molecule has 0 atom stereocenters. The van der Waals surface area contributed by atoms with Crippen molar-refractivity contribution in [3.63, 3.8) is 0 Å². The summed E-state index contributed by atoms with van der Waals surface area (Å²) in [4.78, 5) is 14.9. The lowest BCUT2D eigenvalue weighted by Gasteiger charge is -2.31. The van der Waals surface area contributed by atoms with Crippen LogP contribution in [0.1, 0.15) is 18.4 Å². The van der Waals surface area contributed by atoms with E-state index in [2.05, 4.69) is 10.3 Å². The van der Waals surface area contributed by atoms with Crippen molar-refractivity contribution < 1.29 is 5.11 Å². The molecular weight excluding hydrogens is 284 g/mol. The molecule has 1 aromatic carbocycles. The Morgan fingerprint density at radius 2 is 2.05 bits per heavy atom. The van der Waals surface area contributed by atoms with Crippen molar-refractivity contribution in [1.82, 2.24) is 10.3 Å². The molecule has 0 unspecified atom stereocenters. The minimum absolute atomic E-state index is 0.0626. The van der Waals surface area contributed by atoms with Crippen molar-refractivity contribution in [2.45, 2.75) is 25.0 Å². The van der Waals surface area contributed by atoms with Crippen LogP contribution in [0, 0.1) is 0 Å². The molecular formula is C16H20N2O2S. The Morgan fingerprint density at radius 1 is 1.29 bits per heavy atom. The van der Waals surface area contributed by atoms with Gasteiger partial charge in [-0.15, -0.1) is 0 Å². The molecule has 1 aliphatic heterocycles. The van der Waals surface area contributed by atoms with Crippen LogP contribution in [0.15, 0.2) is 35.1 Å². The first kappa shape index (κ1) is 14.6. The van der Waals surface area contributed by atoms with Gasteiger partial charge in [0.25, 0.3) is 5.56 Å². The molecule has 1 fully saturated rings. The Labute approximate surface area is 128 Å². The molecule has 1 aliphatic rings. The lowest BCUT2D eigenvalue weighted by molar-refractivity contribution is 0.0320. The number of aromatic nitrogens is 1. The summed E-state index contributed by atoms with van der Waals surface area (Å²) in [5.41, 5.74) is 0.888. The number of rotatable bonds is 4. The van der Waals surface area contributed by atoms with Gasteiger partial charge in [0, 0.05) is 24.2 Å². The predicted molar refractivity (Wildman–Crippen MR) is 87.8 cm³/mol. The summed E-state index contributed by atoms with van der Waals surface area (Å²) < 4.78 is 0. The van der Waals surface area contributed by atoms with E-state index < -0.39 is 5.60 Å². The fourth-order valence-electron chi connectivity index (χ4n) is 2.68. The zero-order valence-electron chi connectivity index (χ0n) is 11.9. The van der Waals surface area contributed by atoms with Crippen LogP contribution in [-0.4, -0.2) is 33.7 Å². The summed E-state index contributed by atoms with van der Waals surface area (Å²) >= 11 is 1.89. The molecule has 21 heavy (non-hydrogen) atoms. The van der Waals surface area contributed by atoms with Gasteiger partial charge in [0.15, 0.2) is 0 Å². The highest BCUT2D eigenvalue weighted by atomic mass is 32.2. The van der Waals surface area contributed by atoms with Crippen LogP contribution in [-0.2, 0) is 6.54 Å². The Balaban J connectivity index is 1.67. The number of aromatic amines is 1. The van der Waals surface area contributed by atoms with Crippen LogP contribution in [0.5, 0.6) is 0 Å². The van der Waals surface area contributed by atoms with Crippen molar-refractivity contribution in [2.24, 2.45) is 0 Å². The van der Waals surface area contributed by atoms with Gasteiger partial charge < -0.3 is 15.4 Å². The molecule has 0 saturated carbocycles. The molecule has 0 bridgehead atoms. The molecule has 2 aromatic rings. The average molecular weight is 304 g/mol. The van der Waals surface area contributed by atoms with E-state index in [1.807, 2.05) is 42.1 Å². The lowest BCUT2D eigenvalue weighted by atomic mass is 9.97. The van der Waals surface area contributed by atoms with E-state index >= 15 is 0 Å². The summed E-state index contributed by atoms with van der Waals surface area (Å²) in [7, 11) is 0. The third-order valence-corrected chi connectivity index (χ3v) is 5.01. The molecule has 112 valence electrons. The minimum Gasteiger partial charge on any atom is -0.389 e. The molecule has 5 heteroatoms. The van der Waals surface area contributed by atoms with Gasteiger partial charge in [-0.1, -0.05) is 18.2 Å². The normalized spacial score (nSPS) is 18.0. The van der Waals surface area contributed by atoms with Crippen LogP contribution >= 0.6 is 11.8 Å². The van der Waals surface area contributed by atoms with Gasteiger partial charge in [-0.05, 0) is 41.9 Å². The molecule has 3 N–H and O–H groups in total. The topological polar surface area (TPSA) is 65.1 Å². The van der Waals surface area contributed by atoms with E-state index in [1.54, 1.807) is 0 Å². The van der Waals surface area contributed by atoms with E-state index in [-0.39, 0.29) is 5.56 Å². The maximum atomic E-state index is 12.0. The molecule has 1 saturated heterocycles. The third kappa shape index (κ3) is 3.48. The maximum Gasteiger partial charge on any atom is 0.252 e. The van der Waals surface area contributed by atoms with Crippen molar-refractivity contribution in [3.8, 4) is 0 Å². The van der Waals surface area contributed by atoms with Crippen LogP contribution in [0.3, 0.4) is 0 Å². The smallest absolute Gasteiger partial charge is 0.252 e. The predicted octanol–water partition coefficient (Wildman–Crippen LogP) is 1.88. The van der Waals surface area contributed by atoms with Gasteiger partial charge in [0.05, 0.1) is 5.60 Å². The molecule has 0 aliphatic carbocycles. The van der Waals surface area contributed by atoms with Gasteiger partial charge in [-0.2, -0.15) is 11.8 Å². The number of para-hydroxylation sites is 1. The largest absolute Gasteiger partial charge is 0.389 e. The first-order valence-electron chi connectivity index (χ1n) is 7.28. The fraction of sp³-hybridized carbons (Fsp3) is 0.438. The number of hydrogen-bond donors (Lipinski definition) is 3. The van der Waals surface area contributed by atoms with E-state index in [1.165, 1.54) is 0 Å². The van der Waals surface area contributed by atoms with Gasteiger partial charge in [-0.25, -0.2) is 0 Å². The van der Waals surface area contributed by atoms with Gasteiger partial charge >= 0.3 is 0 Å². The third-order valence-electron chi connectivity index (χ3n) is 4.02. The van der Waals surface area contributed by atoms with Gasteiger partial charge in [-0.3, -0.25) is 4.79 Å². The monoisotopic (exact) mass is 304 g/mol. The van der Waals surface area contributed by atoms with Crippen LogP contribution in [0.25, 0.3) is 10.9 Å². The molecule has 2 heterocycles. The van der Waals surface area contributed by atoms with E-state index in [9.17, 15) is 9.90 Å². The number of fused-ring (bicyclic) bond motifs is 1. The minimum atomic E-state index is -0.616. The number of pyridine rings is 1. The standard InChI is InChI=1S/C16H20N2O2S/c19-15-13(9-12-3-1-2-4-14(12)18-15)10-17-11-16(20)5-7-21-8-6-16/h1-4,9,17,20H,5-8,10-11H2,(H,18,19).